The largest absolute Gasteiger partial charge is 0.462 e. The van der Waals surface area contributed by atoms with E-state index >= 15 is 0 Å². The van der Waals surface area contributed by atoms with Crippen molar-refractivity contribution in [1.29, 1.82) is 0 Å². The molecule has 0 fully saturated rings. The maximum Gasteiger partial charge on any atom is 0.356 e. The molecule has 0 radical (unpaired) electrons. The zero-order valence-electron chi connectivity index (χ0n) is 12.3. The Kier molecular flexibility index (Phi) is 7.65. The highest BCUT2D eigenvalue weighted by molar-refractivity contribution is 7.60. The molecule has 5 nitrogen and oxygen atoms in total. The van der Waals surface area contributed by atoms with E-state index < -0.39 is 13.6 Å². The van der Waals surface area contributed by atoms with Crippen LogP contribution in [0.1, 0.15) is 55.8 Å². The summed E-state index contributed by atoms with van der Waals surface area (Å²) in [5.41, 5.74) is 0.304. The van der Waals surface area contributed by atoms with Crippen molar-refractivity contribution in [1.82, 2.24) is 0 Å². The summed E-state index contributed by atoms with van der Waals surface area (Å²) in [6.07, 6.45) is 6.71. The number of rotatable bonds is 9. The van der Waals surface area contributed by atoms with Gasteiger partial charge in [-0.1, -0.05) is 39.0 Å². The Balaban J connectivity index is 2.31. The zero-order chi connectivity index (χ0) is 15.7. The highest BCUT2D eigenvalue weighted by Crippen LogP contribution is 2.32. The van der Waals surface area contributed by atoms with Crippen molar-refractivity contribution in [2.75, 3.05) is 6.61 Å². The van der Waals surface area contributed by atoms with Crippen molar-refractivity contribution >= 4 is 18.9 Å². The van der Waals surface area contributed by atoms with Crippen LogP contribution in [0.4, 0.5) is 0 Å². The smallest absolute Gasteiger partial charge is 0.356 e. The Bertz CT molecular complexity index is 477. The molecule has 0 unspecified atom stereocenters. The zero-order valence-corrected chi connectivity index (χ0v) is 13.2. The van der Waals surface area contributed by atoms with Gasteiger partial charge >= 0.3 is 13.6 Å². The topological polar surface area (TPSA) is 83.8 Å². The second kappa shape index (κ2) is 8.98. The van der Waals surface area contributed by atoms with Gasteiger partial charge in [0.05, 0.1) is 17.5 Å². The number of esters is 1. The van der Waals surface area contributed by atoms with Gasteiger partial charge in [-0.15, -0.1) is 0 Å². The van der Waals surface area contributed by atoms with Crippen molar-refractivity contribution in [2.24, 2.45) is 0 Å². The van der Waals surface area contributed by atoms with E-state index in [4.69, 9.17) is 14.5 Å². The van der Waals surface area contributed by atoms with E-state index in [0.717, 1.165) is 19.3 Å². The Hall–Kier alpha value is -1.16. The first-order valence-electron chi connectivity index (χ1n) is 7.28. The molecule has 0 aliphatic heterocycles. The van der Waals surface area contributed by atoms with Crippen LogP contribution >= 0.6 is 7.60 Å². The number of carbonyl (C=O) groups is 1. The second-order valence-electron chi connectivity index (χ2n) is 4.99. The molecule has 6 heteroatoms. The Morgan fingerprint density at radius 1 is 1.05 bits per heavy atom. The van der Waals surface area contributed by atoms with Crippen LogP contribution in [0.3, 0.4) is 0 Å². The molecule has 1 aromatic rings. The van der Waals surface area contributed by atoms with Crippen LogP contribution in [0.2, 0.25) is 0 Å². The van der Waals surface area contributed by atoms with Crippen molar-refractivity contribution < 1.29 is 23.9 Å². The molecule has 0 aliphatic carbocycles. The third-order valence-corrected chi connectivity index (χ3v) is 4.14. The molecule has 0 bridgehead atoms. The summed E-state index contributed by atoms with van der Waals surface area (Å²) in [6.45, 7) is 2.55. The van der Waals surface area contributed by atoms with Gasteiger partial charge in [0.15, 0.2) is 0 Å². The van der Waals surface area contributed by atoms with Crippen molar-refractivity contribution in [3.63, 3.8) is 0 Å². The maximum absolute atomic E-state index is 11.7. The molecular formula is C15H23O5P. The van der Waals surface area contributed by atoms with Gasteiger partial charge < -0.3 is 14.5 Å². The highest BCUT2D eigenvalue weighted by Gasteiger charge is 2.17. The lowest BCUT2D eigenvalue weighted by Crippen LogP contribution is -2.09. The summed E-state index contributed by atoms with van der Waals surface area (Å²) in [5.74, 6) is -0.458. The Morgan fingerprint density at radius 3 is 2.19 bits per heavy atom. The minimum absolute atomic E-state index is 0.102. The van der Waals surface area contributed by atoms with Gasteiger partial charge in [-0.05, 0) is 30.7 Å². The molecule has 0 saturated carbocycles. The third kappa shape index (κ3) is 6.89. The average Bonchev–Trinajstić information content (AvgIpc) is 2.45. The van der Waals surface area contributed by atoms with E-state index in [1.165, 1.54) is 43.5 Å². The van der Waals surface area contributed by atoms with E-state index in [2.05, 4.69) is 6.92 Å². The van der Waals surface area contributed by atoms with Crippen molar-refractivity contribution in [3.05, 3.63) is 29.8 Å². The monoisotopic (exact) mass is 314 g/mol. The van der Waals surface area contributed by atoms with Crippen LogP contribution in [-0.2, 0) is 9.30 Å². The highest BCUT2D eigenvalue weighted by atomic mass is 31.2. The standard InChI is InChI=1S/C15H23O5P/c1-2-3-4-5-6-7-12-20-15(16)13-8-10-14(11-9-13)21(17,18)19/h8-11H,2-7,12H2,1H3,(H2,17,18,19). The molecule has 0 amide bonds. The minimum Gasteiger partial charge on any atom is -0.462 e. The average molecular weight is 314 g/mol. The molecule has 21 heavy (non-hydrogen) atoms. The number of benzene rings is 1. The molecule has 1 rings (SSSR count). The van der Waals surface area contributed by atoms with Gasteiger partial charge in [-0.25, -0.2) is 4.79 Å². The van der Waals surface area contributed by atoms with Gasteiger partial charge in [0, 0.05) is 0 Å². The van der Waals surface area contributed by atoms with E-state index in [0.29, 0.717) is 12.2 Å². The predicted molar refractivity (Wildman–Crippen MR) is 81.8 cm³/mol. The second-order valence-corrected chi connectivity index (χ2v) is 6.60. The van der Waals surface area contributed by atoms with Crippen LogP contribution in [0.25, 0.3) is 0 Å². The number of unbranched alkanes of at least 4 members (excludes halogenated alkanes) is 5. The van der Waals surface area contributed by atoms with Gasteiger partial charge in [0.25, 0.3) is 0 Å². The first-order chi connectivity index (χ1) is 9.95. The lowest BCUT2D eigenvalue weighted by Gasteiger charge is -2.07. The minimum atomic E-state index is -4.26. The van der Waals surface area contributed by atoms with Gasteiger partial charge in [0.2, 0.25) is 0 Å². The summed E-state index contributed by atoms with van der Waals surface area (Å²) < 4.78 is 16.1. The van der Waals surface area contributed by atoms with E-state index in [-0.39, 0.29) is 5.30 Å². The van der Waals surface area contributed by atoms with E-state index in [1.807, 2.05) is 0 Å². The van der Waals surface area contributed by atoms with Crippen LogP contribution in [-0.4, -0.2) is 22.4 Å². The molecular weight excluding hydrogens is 291 g/mol. The van der Waals surface area contributed by atoms with E-state index in [9.17, 15) is 9.36 Å². The summed E-state index contributed by atoms with van der Waals surface area (Å²) in [4.78, 5) is 29.7. The molecule has 118 valence electrons. The number of ether oxygens (including phenoxy) is 1. The molecule has 0 aromatic heterocycles. The summed E-state index contributed by atoms with van der Waals surface area (Å²) in [5, 5.41) is -0.102. The lowest BCUT2D eigenvalue weighted by atomic mass is 10.1. The van der Waals surface area contributed by atoms with Crippen LogP contribution < -0.4 is 5.30 Å². The molecule has 0 spiro atoms. The summed E-state index contributed by atoms with van der Waals surface area (Å²) in [7, 11) is -4.26. The Labute approximate surface area is 125 Å². The lowest BCUT2D eigenvalue weighted by molar-refractivity contribution is 0.0497. The quantitative estimate of drug-likeness (QED) is 0.416. The third-order valence-electron chi connectivity index (χ3n) is 3.17. The maximum atomic E-state index is 11.7. The van der Waals surface area contributed by atoms with Gasteiger partial charge in [0.1, 0.15) is 0 Å². The van der Waals surface area contributed by atoms with Gasteiger partial charge in [-0.3, -0.25) is 4.57 Å². The first kappa shape index (κ1) is 17.9. The SMILES string of the molecule is CCCCCCCCOC(=O)c1ccc(P(=O)(O)O)cc1. The Morgan fingerprint density at radius 2 is 1.62 bits per heavy atom. The number of carbonyl (C=O) groups excluding carboxylic acids is 1. The number of hydrogen-bond donors (Lipinski definition) is 2. The normalized spacial score (nSPS) is 11.4. The molecule has 0 saturated heterocycles. The van der Waals surface area contributed by atoms with Crippen LogP contribution in [0, 0.1) is 0 Å². The first-order valence-corrected chi connectivity index (χ1v) is 8.89. The predicted octanol–water partition coefficient (Wildman–Crippen LogP) is 3.01. The van der Waals surface area contributed by atoms with E-state index in [1.54, 1.807) is 0 Å². The summed E-state index contributed by atoms with van der Waals surface area (Å²) >= 11 is 0. The van der Waals surface area contributed by atoms with Crippen LogP contribution in [0.5, 0.6) is 0 Å². The van der Waals surface area contributed by atoms with Gasteiger partial charge in [-0.2, -0.15) is 0 Å². The van der Waals surface area contributed by atoms with Crippen molar-refractivity contribution in [2.45, 2.75) is 45.4 Å². The molecule has 2 N–H and O–H groups in total. The molecule has 1 aromatic carbocycles. The fourth-order valence-corrected chi connectivity index (χ4v) is 2.46. The van der Waals surface area contributed by atoms with Crippen LogP contribution in [0.15, 0.2) is 24.3 Å². The molecule has 0 atom stereocenters. The number of hydrogen-bond acceptors (Lipinski definition) is 3. The summed E-state index contributed by atoms with van der Waals surface area (Å²) in [6, 6.07) is 5.25. The van der Waals surface area contributed by atoms with Crippen molar-refractivity contribution in [3.8, 4) is 0 Å². The fourth-order valence-electron chi connectivity index (χ4n) is 1.92. The molecule has 0 aliphatic rings. The molecule has 0 heterocycles. The fraction of sp³-hybridized carbons (Fsp3) is 0.533.